The van der Waals surface area contributed by atoms with Gasteiger partial charge in [-0.05, 0) is 11.5 Å². The average Bonchev–Trinajstić information content (AvgIpc) is 2.70. The largest absolute Gasteiger partial charge is 0.444 e. The lowest BCUT2D eigenvalue weighted by Gasteiger charge is -2.09. The topological polar surface area (TPSA) is 26.0 Å². The van der Waals surface area contributed by atoms with Crippen LogP contribution in [-0.2, 0) is 0 Å². The molecule has 1 aromatic heterocycles. The van der Waals surface area contributed by atoms with Crippen LogP contribution in [0.15, 0.2) is 41.3 Å². The van der Waals surface area contributed by atoms with E-state index in [1.54, 1.807) is 6.20 Å². The van der Waals surface area contributed by atoms with Crippen LogP contribution in [0.3, 0.4) is 0 Å². The minimum atomic E-state index is 0.497. The van der Waals surface area contributed by atoms with Gasteiger partial charge in [-0.2, -0.15) is 0 Å². The van der Waals surface area contributed by atoms with E-state index in [-0.39, 0.29) is 0 Å². The van der Waals surface area contributed by atoms with Crippen molar-refractivity contribution in [2.45, 2.75) is 19.8 Å². The third-order valence-corrected chi connectivity index (χ3v) is 2.28. The second-order valence-corrected chi connectivity index (χ2v) is 3.61. The summed E-state index contributed by atoms with van der Waals surface area (Å²) in [5, 5.41) is 0. The number of oxazole rings is 1. The van der Waals surface area contributed by atoms with E-state index in [2.05, 4.69) is 37.0 Å². The van der Waals surface area contributed by atoms with Crippen LogP contribution in [0, 0.1) is 0 Å². The Balaban J connectivity index is 2.53. The van der Waals surface area contributed by atoms with Crippen molar-refractivity contribution < 1.29 is 4.42 Å². The molecule has 0 aliphatic carbocycles. The van der Waals surface area contributed by atoms with Crippen LogP contribution in [0.25, 0.3) is 11.3 Å². The van der Waals surface area contributed by atoms with E-state index in [1.165, 1.54) is 12.0 Å². The molecule has 1 aromatic carbocycles. The molecular formula is C12H13NO. The molecule has 0 N–H and O–H groups in total. The van der Waals surface area contributed by atoms with Crippen molar-refractivity contribution in [2.24, 2.45) is 0 Å². The summed E-state index contributed by atoms with van der Waals surface area (Å²) < 4.78 is 5.30. The normalized spacial score (nSPS) is 10.8. The summed E-state index contributed by atoms with van der Waals surface area (Å²) in [7, 11) is 0. The van der Waals surface area contributed by atoms with Gasteiger partial charge in [0.2, 0.25) is 0 Å². The number of rotatable bonds is 2. The van der Waals surface area contributed by atoms with Crippen molar-refractivity contribution >= 4 is 0 Å². The molecule has 2 aromatic rings. The highest BCUT2D eigenvalue weighted by atomic mass is 16.3. The van der Waals surface area contributed by atoms with Gasteiger partial charge in [-0.3, -0.25) is 0 Å². The van der Waals surface area contributed by atoms with Crippen LogP contribution in [0.2, 0.25) is 0 Å². The molecule has 14 heavy (non-hydrogen) atoms. The molecule has 0 spiro atoms. The van der Waals surface area contributed by atoms with E-state index in [4.69, 9.17) is 4.42 Å². The van der Waals surface area contributed by atoms with E-state index in [9.17, 15) is 0 Å². The monoisotopic (exact) mass is 187 g/mol. The van der Waals surface area contributed by atoms with Crippen LogP contribution in [0.1, 0.15) is 25.3 Å². The summed E-state index contributed by atoms with van der Waals surface area (Å²) in [5.41, 5.74) is 2.43. The van der Waals surface area contributed by atoms with Gasteiger partial charge in [-0.1, -0.05) is 38.1 Å². The molecule has 0 amide bonds. The van der Waals surface area contributed by atoms with Crippen molar-refractivity contribution in [1.29, 1.82) is 0 Å². The van der Waals surface area contributed by atoms with Crippen LogP contribution in [0.4, 0.5) is 0 Å². The molecule has 0 fully saturated rings. The predicted molar refractivity (Wildman–Crippen MR) is 56.0 cm³/mol. The van der Waals surface area contributed by atoms with Gasteiger partial charge in [0.25, 0.3) is 0 Å². The Labute approximate surface area is 83.6 Å². The lowest BCUT2D eigenvalue weighted by atomic mass is 9.96. The second kappa shape index (κ2) is 3.66. The van der Waals surface area contributed by atoms with Crippen molar-refractivity contribution in [3.05, 3.63) is 42.4 Å². The Hall–Kier alpha value is -1.57. The van der Waals surface area contributed by atoms with Crippen LogP contribution in [-0.4, -0.2) is 4.98 Å². The number of nitrogens with zero attached hydrogens (tertiary/aromatic N) is 1. The van der Waals surface area contributed by atoms with Crippen molar-refractivity contribution in [3.63, 3.8) is 0 Å². The minimum absolute atomic E-state index is 0.497. The van der Waals surface area contributed by atoms with Gasteiger partial charge in [0.05, 0.1) is 6.20 Å². The molecule has 1 heterocycles. The van der Waals surface area contributed by atoms with E-state index in [1.807, 2.05) is 6.07 Å². The molecule has 0 aliphatic heterocycles. The molecule has 0 saturated carbocycles. The van der Waals surface area contributed by atoms with Gasteiger partial charge in [0.15, 0.2) is 12.2 Å². The first-order valence-corrected chi connectivity index (χ1v) is 4.77. The number of benzene rings is 1. The fourth-order valence-electron chi connectivity index (χ4n) is 1.57. The van der Waals surface area contributed by atoms with Crippen molar-refractivity contribution in [3.8, 4) is 11.3 Å². The SMILES string of the molecule is CC(C)c1ccccc1-c1cnco1. The Bertz CT molecular complexity index is 404. The molecule has 0 unspecified atom stereocenters. The van der Waals surface area contributed by atoms with Crippen molar-refractivity contribution in [2.75, 3.05) is 0 Å². The molecule has 0 bridgehead atoms. The van der Waals surface area contributed by atoms with E-state index < -0.39 is 0 Å². The lowest BCUT2D eigenvalue weighted by molar-refractivity contribution is 0.570. The molecular weight excluding hydrogens is 174 g/mol. The maximum atomic E-state index is 5.30. The lowest BCUT2D eigenvalue weighted by Crippen LogP contribution is -1.90. The van der Waals surface area contributed by atoms with E-state index in [0.29, 0.717) is 5.92 Å². The molecule has 0 saturated heterocycles. The van der Waals surface area contributed by atoms with E-state index in [0.717, 1.165) is 11.3 Å². The molecule has 0 aliphatic rings. The van der Waals surface area contributed by atoms with Crippen LogP contribution >= 0.6 is 0 Å². The zero-order valence-corrected chi connectivity index (χ0v) is 8.40. The third-order valence-electron chi connectivity index (χ3n) is 2.28. The van der Waals surface area contributed by atoms with Gasteiger partial charge in [0, 0.05) is 5.56 Å². The second-order valence-electron chi connectivity index (χ2n) is 3.61. The smallest absolute Gasteiger partial charge is 0.181 e. The molecule has 0 radical (unpaired) electrons. The Morgan fingerprint density at radius 1 is 1.21 bits per heavy atom. The molecule has 72 valence electrons. The maximum absolute atomic E-state index is 5.30. The summed E-state index contributed by atoms with van der Waals surface area (Å²) in [4.78, 5) is 3.93. The number of aromatic nitrogens is 1. The van der Waals surface area contributed by atoms with Crippen LogP contribution in [0.5, 0.6) is 0 Å². The zero-order valence-electron chi connectivity index (χ0n) is 8.40. The Morgan fingerprint density at radius 3 is 2.64 bits per heavy atom. The van der Waals surface area contributed by atoms with Gasteiger partial charge in [-0.15, -0.1) is 0 Å². The van der Waals surface area contributed by atoms with Crippen molar-refractivity contribution in [1.82, 2.24) is 4.98 Å². The summed E-state index contributed by atoms with van der Waals surface area (Å²) in [6.07, 6.45) is 3.22. The fourth-order valence-corrected chi connectivity index (χ4v) is 1.57. The standard InChI is InChI=1S/C12H13NO/c1-9(2)10-5-3-4-6-11(10)12-7-13-8-14-12/h3-9H,1-2H3. The first-order valence-electron chi connectivity index (χ1n) is 4.77. The highest BCUT2D eigenvalue weighted by molar-refractivity contribution is 5.61. The molecule has 2 rings (SSSR count). The average molecular weight is 187 g/mol. The van der Waals surface area contributed by atoms with Gasteiger partial charge in [0.1, 0.15) is 0 Å². The van der Waals surface area contributed by atoms with Gasteiger partial charge < -0.3 is 4.42 Å². The fraction of sp³-hybridized carbons (Fsp3) is 0.250. The summed E-state index contributed by atoms with van der Waals surface area (Å²) in [6.45, 7) is 4.35. The summed E-state index contributed by atoms with van der Waals surface area (Å²) in [5.74, 6) is 1.34. The Kier molecular flexibility index (Phi) is 2.35. The zero-order chi connectivity index (χ0) is 9.97. The predicted octanol–water partition coefficient (Wildman–Crippen LogP) is 3.47. The maximum Gasteiger partial charge on any atom is 0.181 e. The number of hydrogen-bond donors (Lipinski definition) is 0. The Morgan fingerprint density at radius 2 is 2.00 bits per heavy atom. The highest BCUT2D eigenvalue weighted by Crippen LogP contribution is 2.28. The third kappa shape index (κ3) is 1.55. The molecule has 2 nitrogen and oxygen atoms in total. The summed E-state index contributed by atoms with van der Waals surface area (Å²) >= 11 is 0. The van der Waals surface area contributed by atoms with Crippen LogP contribution < -0.4 is 0 Å². The summed E-state index contributed by atoms with van der Waals surface area (Å²) in [6, 6.07) is 8.26. The van der Waals surface area contributed by atoms with E-state index >= 15 is 0 Å². The van der Waals surface area contributed by atoms with Gasteiger partial charge in [-0.25, -0.2) is 4.98 Å². The number of hydrogen-bond acceptors (Lipinski definition) is 2. The minimum Gasteiger partial charge on any atom is -0.444 e. The van der Waals surface area contributed by atoms with Gasteiger partial charge >= 0.3 is 0 Å². The first-order chi connectivity index (χ1) is 6.79. The quantitative estimate of drug-likeness (QED) is 0.719. The highest BCUT2D eigenvalue weighted by Gasteiger charge is 2.09. The molecule has 2 heteroatoms. The molecule has 0 atom stereocenters. The first kappa shape index (κ1) is 9.00.